The van der Waals surface area contributed by atoms with Crippen molar-refractivity contribution < 1.29 is 18.7 Å². The number of halogens is 2. The molecule has 3 aromatic rings. The number of benzene rings is 2. The minimum absolute atomic E-state index is 0.151. The van der Waals surface area contributed by atoms with Gasteiger partial charge in [-0.05, 0) is 35.7 Å². The molecule has 2 aromatic carbocycles. The summed E-state index contributed by atoms with van der Waals surface area (Å²) < 4.78 is 24.5. The van der Waals surface area contributed by atoms with Crippen LogP contribution >= 0.6 is 22.9 Å². The van der Waals surface area contributed by atoms with Gasteiger partial charge in [-0.15, -0.1) is 11.3 Å². The maximum absolute atomic E-state index is 13.1. The molecule has 0 saturated carbocycles. The van der Waals surface area contributed by atoms with Crippen molar-refractivity contribution in [3.63, 3.8) is 0 Å². The average molecular weight is 387 g/mol. The van der Waals surface area contributed by atoms with Crippen LogP contribution in [0.2, 0.25) is 5.02 Å². The van der Waals surface area contributed by atoms with Crippen molar-refractivity contribution in [3.05, 3.63) is 86.5 Å². The van der Waals surface area contributed by atoms with E-state index >= 15 is 0 Å². The average Bonchev–Trinajstić information content (AvgIpc) is 3.23. The fraction of sp³-hybridized carbons (Fsp3) is 0.0500. The summed E-state index contributed by atoms with van der Waals surface area (Å²) in [7, 11) is 0. The molecule has 1 aliphatic rings. The predicted molar refractivity (Wildman–Crippen MR) is 99.4 cm³/mol. The first-order valence-electron chi connectivity index (χ1n) is 7.79. The monoisotopic (exact) mass is 386 g/mol. The summed E-state index contributed by atoms with van der Waals surface area (Å²) in [4.78, 5) is 13.4. The summed E-state index contributed by atoms with van der Waals surface area (Å²) in [6.07, 6.45) is 1.73. The molecule has 1 aromatic heterocycles. The maximum atomic E-state index is 13.1. The Morgan fingerprint density at radius 3 is 2.85 bits per heavy atom. The van der Waals surface area contributed by atoms with Crippen LogP contribution in [0.15, 0.2) is 59.7 Å². The third-order valence-electron chi connectivity index (χ3n) is 3.87. The highest BCUT2D eigenvalue weighted by molar-refractivity contribution is 7.10. The molecular weight excluding hydrogens is 375 g/mol. The normalized spacial score (nSPS) is 14.4. The number of Topliss-reactive ketones (excluding diaryl/α,β-unsaturated/α-hetero) is 1. The molecule has 0 radical (unpaired) electrons. The fourth-order valence-corrected chi connectivity index (χ4v) is 3.43. The smallest absolute Gasteiger partial charge is 0.232 e. The number of hydrogen-bond acceptors (Lipinski definition) is 4. The number of hydrogen-bond donors (Lipinski definition) is 0. The van der Waals surface area contributed by atoms with E-state index in [0.29, 0.717) is 33.4 Å². The number of thiophene rings is 1. The summed E-state index contributed by atoms with van der Waals surface area (Å²) in [5.74, 6) is 0.741. The van der Waals surface area contributed by atoms with E-state index in [1.54, 1.807) is 30.3 Å². The van der Waals surface area contributed by atoms with E-state index < -0.39 is 5.82 Å². The van der Waals surface area contributed by atoms with E-state index in [9.17, 15) is 9.18 Å². The lowest BCUT2D eigenvalue weighted by molar-refractivity contribution is 0.101. The van der Waals surface area contributed by atoms with Gasteiger partial charge >= 0.3 is 0 Å². The molecule has 0 saturated heterocycles. The second kappa shape index (κ2) is 6.94. The highest BCUT2D eigenvalue weighted by Crippen LogP contribution is 2.35. The van der Waals surface area contributed by atoms with Crippen LogP contribution in [-0.4, -0.2) is 5.78 Å². The van der Waals surface area contributed by atoms with Crippen LogP contribution in [-0.2, 0) is 6.61 Å². The van der Waals surface area contributed by atoms with E-state index in [-0.39, 0.29) is 12.4 Å². The van der Waals surface area contributed by atoms with Gasteiger partial charge in [0.1, 0.15) is 23.9 Å². The van der Waals surface area contributed by atoms with Gasteiger partial charge < -0.3 is 9.47 Å². The van der Waals surface area contributed by atoms with E-state index in [1.807, 2.05) is 17.5 Å². The molecule has 26 heavy (non-hydrogen) atoms. The Hall–Kier alpha value is -2.63. The first-order chi connectivity index (χ1) is 12.6. The maximum Gasteiger partial charge on any atom is 0.232 e. The van der Waals surface area contributed by atoms with Crippen molar-refractivity contribution in [1.82, 2.24) is 0 Å². The van der Waals surface area contributed by atoms with Crippen molar-refractivity contribution >= 4 is 34.8 Å². The topological polar surface area (TPSA) is 35.5 Å². The molecule has 0 aliphatic carbocycles. The summed E-state index contributed by atoms with van der Waals surface area (Å²) in [6.45, 7) is 0.184. The Balaban J connectivity index is 1.51. The molecule has 0 amide bonds. The standard InChI is InChI=1S/C20H12ClFO3S/c21-17-8-13(22)4-3-12(17)11-24-14-5-6-16-18(9-14)25-19(20(16)23)10-15-2-1-7-26-15/h1-10H,11H2. The highest BCUT2D eigenvalue weighted by atomic mass is 35.5. The van der Waals surface area contributed by atoms with Gasteiger partial charge in [-0.1, -0.05) is 23.7 Å². The van der Waals surface area contributed by atoms with Crippen molar-refractivity contribution in [2.24, 2.45) is 0 Å². The zero-order valence-electron chi connectivity index (χ0n) is 13.4. The molecule has 0 N–H and O–H groups in total. The fourth-order valence-electron chi connectivity index (χ4n) is 2.56. The van der Waals surface area contributed by atoms with Gasteiger partial charge in [-0.25, -0.2) is 4.39 Å². The number of rotatable bonds is 4. The van der Waals surface area contributed by atoms with Crippen molar-refractivity contribution in [2.45, 2.75) is 6.61 Å². The van der Waals surface area contributed by atoms with Crippen LogP contribution < -0.4 is 9.47 Å². The van der Waals surface area contributed by atoms with Crippen LogP contribution in [0.25, 0.3) is 6.08 Å². The molecule has 6 heteroatoms. The molecular formula is C20H12ClFO3S. The molecule has 0 fully saturated rings. The first-order valence-corrected chi connectivity index (χ1v) is 9.04. The number of carbonyl (C=O) groups is 1. The molecule has 1 aliphatic heterocycles. The Kier molecular flexibility index (Phi) is 4.49. The molecule has 130 valence electrons. The summed E-state index contributed by atoms with van der Waals surface area (Å²) >= 11 is 7.53. The lowest BCUT2D eigenvalue weighted by Crippen LogP contribution is -1.97. The molecule has 4 rings (SSSR count). The van der Waals surface area contributed by atoms with Gasteiger partial charge in [-0.2, -0.15) is 0 Å². The zero-order chi connectivity index (χ0) is 18.1. The van der Waals surface area contributed by atoms with E-state index in [1.165, 1.54) is 23.5 Å². The van der Waals surface area contributed by atoms with Gasteiger partial charge in [0.05, 0.1) is 10.6 Å². The second-order valence-electron chi connectivity index (χ2n) is 5.64. The second-order valence-corrected chi connectivity index (χ2v) is 7.02. The summed E-state index contributed by atoms with van der Waals surface area (Å²) in [5, 5.41) is 2.24. The predicted octanol–water partition coefficient (Wildman–Crippen LogP) is 5.74. The SMILES string of the molecule is O=C1C(=Cc2cccs2)Oc2cc(OCc3ccc(F)cc3Cl)ccc21. The number of allylic oxidation sites excluding steroid dienone is 1. The Morgan fingerprint density at radius 2 is 2.08 bits per heavy atom. The van der Waals surface area contributed by atoms with E-state index in [4.69, 9.17) is 21.1 Å². The van der Waals surface area contributed by atoms with Crippen LogP contribution in [0.5, 0.6) is 11.5 Å². The molecule has 2 heterocycles. The molecule has 0 unspecified atom stereocenters. The Labute approximate surface area is 158 Å². The van der Waals surface area contributed by atoms with Gasteiger partial charge in [0.15, 0.2) is 5.76 Å². The first kappa shape index (κ1) is 16.8. The van der Waals surface area contributed by atoms with Crippen LogP contribution in [0.4, 0.5) is 4.39 Å². The largest absolute Gasteiger partial charge is 0.489 e. The lowest BCUT2D eigenvalue weighted by Gasteiger charge is -2.08. The van der Waals surface area contributed by atoms with Crippen molar-refractivity contribution in [1.29, 1.82) is 0 Å². The number of ketones is 1. The van der Waals surface area contributed by atoms with Crippen LogP contribution in [0, 0.1) is 5.82 Å². The number of fused-ring (bicyclic) bond motifs is 1. The Morgan fingerprint density at radius 1 is 1.19 bits per heavy atom. The molecule has 3 nitrogen and oxygen atoms in total. The highest BCUT2D eigenvalue weighted by Gasteiger charge is 2.27. The van der Waals surface area contributed by atoms with E-state index in [0.717, 1.165) is 4.88 Å². The van der Waals surface area contributed by atoms with Gasteiger partial charge in [-0.3, -0.25) is 4.79 Å². The molecule has 0 atom stereocenters. The minimum atomic E-state index is -0.395. The number of carbonyl (C=O) groups excluding carboxylic acids is 1. The van der Waals surface area contributed by atoms with Gasteiger partial charge in [0.25, 0.3) is 0 Å². The van der Waals surface area contributed by atoms with Gasteiger partial charge in [0.2, 0.25) is 5.78 Å². The lowest BCUT2D eigenvalue weighted by atomic mass is 10.1. The minimum Gasteiger partial charge on any atom is -0.489 e. The van der Waals surface area contributed by atoms with Gasteiger partial charge in [0, 0.05) is 22.6 Å². The Bertz CT molecular complexity index is 1010. The zero-order valence-corrected chi connectivity index (χ0v) is 14.9. The summed E-state index contributed by atoms with van der Waals surface area (Å²) in [5.41, 5.74) is 1.17. The third kappa shape index (κ3) is 3.36. The van der Waals surface area contributed by atoms with Crippen molar-refractivity contribution in [2.75, 3.05) is 0 Å². The van der Waals surface area contributed by atoms with Crippen molar-refractivity contribution in [3.8, 4) is 11.5 Å². The van der Waals surface area contributed by atoms with Crippen LogP contribution in [0.1, 0.15) is 20.8 Å². The summed E-state index contributed by atoms with van der Waals surface area (Å²) in [6, 6.07) is 13.0. The number of ether oxygens (including phenoxy) is 2. The van der Waals surface area contributed by atoms with Crippen LogP contribution in [0.3, 0.4) is 0 Å². The van der Waals surface area contributed by atoms with E-state index in [2.05, 4.69) is 0 Å². The molecule has 0 bridgehead atoms. The molecule has 0 spiro atoms. The third-order valence-corrected chi connectivity index (χ3v) is 5.04. The quantitative estimate of drug-likeness (QED) is 0.537.